The van der Waals surface area contributed by atoms with Crippen molar-refractivity contribution >= 4 is 52.2 Å². The average Bonchev–Trinajstić information content (AvgIpc) is 3.22. The van der Waals surface area contributed by atoms with Gasteiger partial charge in [-0.25, -0.2) is 4.90 Å². The van der Waals surface area contributed by atoms with Crippen molar-refractivity contribution in [3.63, 3.8) is 0 Å². The summed E-state index contributed by atoms with van der Waals surface area (Å²) in [5, 5.41) is 10.8. The van der Waals surface area contributed by atoms with Crippen LogP contribution in [0.15, 0.2) is 124 Å². The van der Waals surface area contributed by atoms with E-state index in [1.807, 2.05) is 72.8 Å². The van der Waals surface area contributed by atoms with Gasteiger partial charge in [-0.15, -0.1) is 11.8 Å². The molecule has 0 saturated carbocycles. The number of azo groups is 1. The third kappa shape index (κ3) is 6.22. The molecule has 3 amide bonds. The maximum Gasteiger partial charge on any atom is 0.247 e. The van der Waals surface area contributed by atoms with Crippen LogP contribution < -0.4 is 10.2 Å². The molecule has 188 valence electrons. The van der Waals surface area contributed by atoms with Gasteiger partial charge < -0.3 is 5.32 Å². The van der Waals surface area contributed by atoms with Crippen molar-refractivity contribution < 1.29 is 14.4 Å². The van der Waals surface area contributed by atoms with Gasteiger partial charge in [0, 0.05) is 17.0 Å². The molecule has 4 aromatic carbocycles. The second-order valence-electron chi connectivity index (χ2n) is 8.66. The summed E-state index contributed by atoms with van der Waals surface area (Å²) in [6.45, 7) is 0. The van der Waals surface area contributed by atoms with Gasteiger partial charge in [0.05, 0.1) is 28.7 Å². The maximum atomic E-state index is 13.1. The van der Waals surface area contributed by atoms with Crippen LogP contribution in [0.4, 0.5) is 22.7 Å². The highest BCUT2D eigenvalue weighted by Crippen LogP contribution is 2.35. The number of rotatable bonds is 8. The molecule has 4 aromatic rings. The second kappa shape index (κ2) is 11.7. The number of benzene rings is 4. The van der Waals surface area contributed by atoms with Crippen molar-refractivity contribution in [2.24, 2.45) is 10.2 Å². The first-order chi connectivity index (χ1) is 18.5. The largest absolute Gasteiger partial charge is 0.326 e. The molecule has 7 nitrogen and oxygen atoms in total. The molecule has 0 radical (unpaired) electrons. The molecule has 1 N–H and O–H groups in total. The van der Waals surface area contributed by atoms with Crippen molar-refractivity contribution in [1.29, 1.82) is 0 Å². The van der Waals surface area contributed by atoms with Crippen LogP contribution in [-0.4, -0.2) is 23.0 Å². The maximum absolute atomic E-state index is 13.1. The van der Waals surface area contributed by atoms with Crippen LogP contribution in [0, 0.1) is 0 Å². The SMILES string of the molecule is O=C(Cc1ccccc1)Nc1ccc(SC2CC(=O)N(c3ccc(N=Nc4ccccc4)cc3)C2=O)cc1. The van der Waals surface area contributed by atoms with Crippen molar-refractivity contribution in [2.45, 2.75) is 23.0 Å². The van der Waals surface area contributed by atoms with Gasteiger partial charge >= 0.3 is 0 Å². The van der Waals surface area contributed by atoms with Crippen LogP contribution in [0.2, 0.25) is 0 Å². The zero-order chi connectivity index (χ0) is 26.3. The third-order valence-electron chi connectivity index (χ3n) is 5.87. The molecule has 0 spiro atoms. The molecule has 0 aliphatic carbocycles. The summed E-state index contributed by atoms with van der Waals surface area (Å²) in [5.41, 5.74) is 3.49. The Bertz CT molecular complexity index is 1460. The minimum atomic E-state index is -0.515. The number of nitrogens with zero attached hydrogens (tertiary/aromatic N) is 3. The lowest BCUT2D eigenvalue weighted by Gasteiger charge is -2.15. The van der Waals surface area contributed by atoms with Crippen molar-refractivity contribution in [3.05, 3.63) is 115 Å². The molecule has 38 heavy (non-hydrogen) atoms. The van der Waals surface area contributed by atoms with Gasteiger partial charge in [0.25, 0.3) is 0 Å². The van der Waals surface area contributed by atoms with Crippen molar-refractivity contribution in [3.8, 4) is 0 Å². The zero-order valence-corrected chi connectivity index (χ0v) is 21.2. The Morgan fingerprint density at radius 2 is 1.39 bits per heavy atom. The zero-order valence-electron chi connectivity index (χ0n) is 20.4. The summed E-state index contributed by atoms with van der Waals surface area (Å²) >= 11 is 1.34. The first-order valence-electron chi connectivity index (χ1n) is 12.1. The monoisotopic (exact) mass is 520 g/mol. The molecule has 1 aliphatic heterocycles. The summed E-state index contributed by atoms with van der Waals surface area (Å²) < 4.78 is 0. The Morgan fingerprint density at radius 3 is 2.05 bits per heavy atom. The summed E-state index contributed by atoms with van der Waals surface area (Å²) in [6, 6.07) is 33.1. The van der Waals surface area contributed by atoms with Gasteiger partial charge in [-0.05, 0) is 66.2 Å². The minimum absolute atomic E-state index is 0.101. The summed E-state index contributed by atoms with van der Waals surface area (Å²) in [5.74, 6) is -0.591. The molecule has 1 aliphatic rings. The molecule has 5 rings (SSSR count). The smallest absolute Gasteiger partial charge is 0.247 e. The van der Waals surface area contributed by atoms with E-state index in [0.717, 1.165) is 16.1 Å². The summed E-state index contributed by atoms with van der Waals surface area (Å²) in [4.78, 5) is 40.2. The van der Waals surface area contributed by atoms with Gasteiger partial charge in [-0.2, -0.15) is 10.2 Å². The third-order valence-corrected chi connectivity index (χ3v) is 7.07. The van der Waals surface area contributed by atoms with E-state index in [0.29, 0.717) is 23.5 Å². The van der Waals surface area contributed by atoms with Crippen LogP contribution in [-0.2, 0) is 20.8 Å². The van der Waals surface area contributed by atoms with Crippen LogP contribution in [0.3, 0.4) is 0 Å². The van der Waals surface area contributed by atoms with E-state index < -0.39 is 5.25 Å². The molecule has 1 unspecified atom stereocenters. The Morgan fingerprint density at radius 1 is 0.789 bits per heavy atom. The first-order valence-corrected chi connectivity index (χ1v) is 13.0. The van der Waals surface area contributed by atoms with Crippen molar-refractivity contribution in [1.82, 2.24) is 0 Å². The fourth-order valence-electron chi connectivity index (χ4n) is 4.01. The van der Waals surface area contributed by atoms with E-state index >= 15 is 0 Å². The molecule has 0 bridgehead atoms. The number of hydrogen-bond donors (Lipinski definition) is 1. The molecular weight excluding hydrogens is 496 g/mol. The van der Waals surface area contributed by atoms with E-state index in [9.17, 15) is 14.4 Å². The van der Waals surface area contributed by atoms with Crippen LogP contribution in [0.5, 0.6) is 0 Å². The lowest BCUT2D eigenvalue weighted by Crippen LogP contribution is -2.30. The molecule has 0 aromatic heterocycles. The summed E-state index contributed by atoms with van der Waals surface area (Å²) in [7, 11) is 0. The van der Waals surface area contributed by atoms with Gasteiger partial charge in [0.15, 0.2) is 0 Å². The molecule has 1 atom stereocenters. The second-order valence-corrected chi connectivity index (χ2v) is 9.94. The van der Waals surface area contributed by atoms with Gasteiger partial charge in [0.2, 0.25) is 17.7 Å². The molecule has 1 fully saturated rings. The number of nitrogens with one attached hydrogen (secondary N) is 1. The topological polar surface area (TPSA) is 91.2 Å². The lowest BCUT2D eigenvalue weighted by atomic mass is 10.1. The van der Waals surface area contributed by atoms with Gasteiger partial charge in [-0.3, -0.25) is 14.4 Å². The van der Waals surface area contributed by atoms with E-state index in [-0.39, 0.29) is 24.1 Å². The van der Waals surface area contributed by atoms with Gasteiger partial charge in [0.1, 0.15) is 0 Å². The molecular formula is C30H24N4O3S. The first kappa shape index (κ1) is 25.1. The number of thioether (sulfide) groups is 1. The number of amides is 3. The number of imide groups is 1. The number of carbonyl (C=O) groups excluding carboxylic acids is 3. The number of anilines is 2. The van der Waals surface area contributed by atoms with E-state index in [1.165, 1.54) is 16.7 Å². The van der Waals surface area contributed by atoms with Crippen molar-refractivity contribution in [2.75, 3.05) is 10.2 Å². The Kier molecular flexibility index (Phi) is 7.70. The highest BCUT2D eigenvalue weighted by Gasteiger charge is 2.40. The van der Waals surface area contributed by atoms with E-state index in [4.69, 9.17) is 0 Å². The number of carbonyl (C=O) groups is 3. The van der Waals surface area contributed by atoms with E-state index in [2.05, 4.69) is 15.5 Å². The van der Waals surface area contributed by atoms with E-state index in [1.54, 1.807) is 36.4 Å². The van der Waals surface area contributed by atoms with Crippen LogP contribution in [0.25, 0.3) is 0 Å². The highest BCUT2D eigenvalue weighted by atomic mass is 32.2. The highest BCUT2D eigenvalue weighted by molar-refractivity contribution is 8.00. The van der Waals surface area contributed by atoms with Crippen LogP contribution in [0.1, 0.15) is 12.0 Å². The minimum Gasteiger partial charge on any atom is -0.326 e. The predicted octanol–water partition coefficient (Wildman–Crippen LogP) is 6.71. The quantitative estimate of drug-likeness (QED) is 0.207. The van der Waals surface area contributed by atoms with Gasteiger partial charge in [-0.1, -0.05) is 48.5 Å². The Hall–Kier alpha value is -4.56. The fourth-order valence-corrected chi connectivity index (χ4v) is 5.07. The molecule has 1 heterocycles. The average molecular weight is 521 g/mol. The fraction of sp³-hybridized carbons (Fsp3) is 0.100. The predicted molar refractivity (Wildman–Crippen MR) is 149 cm³/mol. The standard InChI is InChI=1S/C30H24N4O3S/c35-28(19-21-7-3-1-4-8-21)31-22-13-17-26(18-14-22)38-27-20-29(36)34(30(27)37)25-15-11-24(12-16-25)33-32-23-9-5-2-6-10-23/h1-18,27H,19-20H2,(H,31,35). The lowest BCUT2D eigenvalue weighted by molar-refractivity contribution is -0.121. The van der Waals surface area contributed by atoms with Crippen LogP contribution >= 0.6 is 11.8 Å². The number of hydrogen-bond acceptors (Lipinski definition) is 6. The summed E-state index contributed by atoms with van der Waals surface area (Å²) in [6.07, 6.45) is 0.414. The normalized spacial score (nSPS) is 15.3. The molecule has 1 saturated heterocycles. The molecule has 8 heteroatoms. The Balaban J connectivity index is 1.18. The Labute approximate surface area is 224 Å².